The van der Waals surface area contributed by atoms with Gasteiger partial charge < -0.3 is 10.6 Å². The van der Waals surface area contributed by atoms with E-state index in [2.05, 4.69) is 10.6 Å². The molecule has 0 spiro atoms. The van der Waals surface area contributed by atoms with E-state index in [4.69, 9.17) is 11.6 Å². The summed E-state index contributed by atoms with van der Waals surface area (Å²) in [4.78, 5) is 25.6. The number of amides is 2. The highest BCUT2D eigenvalue weighted by atomic mass is 35.5. The summed E-state index contributed by atoms with van der Waals surface area (Å²) in [6.07, 6.45) is 1.16. The Morgan fingerprint density at radius 1 is 1.17 bits per heavy atom. The normalized spacial score (nSPS) is 17.6. The molecule has 2 heterocycles. The summed E-state index contributed by atoms with van der Waals surface area (Å²) in [5.41, 5.74) is 0. The molecule has 0 bridgehead atoms. The lowest BCUT2D eigenvalue weighted by Crippen LogP contribution is -2.47. The highest BCUT2D eigenvalue weighted by Crippen LogP contribution is 2.24. The summed E-state index contributed by atoms with van der Waals surface area (Å²) >= 11 is 7.37. The maximum Gasteiger partial charge on any atom is 0.243 e. The van der Waals surface area contributed by atoms with Gasteiger partial charge in [0.1, 0.15) is 0 Å². The van der Waals surface area contributed by atoms with Gasteiger partial charge in [0.05, 0.1) is 23.9 Å². The van der Waals surface area contributed by atoms with Gasteiger partial charge >= 0.3 is 0 Å². The van der Waals surface area contributed by atoms with Crippen molar-refractivity contribution in [3.05, 3.63) is 51.7 Å². The van der Waals surface area contributed by atoms with Crippen molar-refractivity contribution in [3.8, 4) is 0 Å². The highest BCUT2D eigenvalue weighted by molar-refractivity contribution is 7.89. The van der Waals surface area contributed by atoms with Crippen LogP contribution in [0.2, 0.25) is 5.02 Å². The molecule has 1 aromatic carbocycles. The molecule has 1 aromatic heterocycles. The number of carbonyl (C=O) groups excluding carboxylic acids is 2. The van der Waals surface area contributed by atoms with Gasteiger partial charge in [-0.3, -0.25) is 9.59 Å². The van der Waals surface area contributed by atoms with Crippen LogP contribution < -0.4 is 10.6 Å². The van der Waals surface area contributed by atoms with Crippen molar-refractivity contribution in [2.75, 3.05) is 19.6 Å². The van der Waals surface area contributed by atoms with E-state index in [0.29, 0.717) is 31.0 Å². The second-order valence-electron chi connectivity index (χ2n) is 6.73. The van der Waals surface area contributed by atoms with Crippen molar-refractivity contribution >= 4 is 44.8 Å². The summed E-state index contributed by atoms with van der Waals surface area (Å²) in [5.74, 6) is -1.09. The Bertz CT molecular complexity index is 946. The zero-order valence-corrected chi connectivity index (χ0v) is 18.0. The molecule has 2 N–H and O–H groups in total. The fourth-order valence-corrected chi connectivity index (χ4v) is 5.40. The number of hydrogen-bond donors (Lipinski definition) is 2. The molecular weight excluding hydrogens is 434 g/mol. The van der Waals surface area contributed by atoms with Gasteiger partial charge in [0.2, 0.25) is 21.8 Å². The number of thiophene rings is 1. The average Bonchev–Trinajstić information content (AvgIpc) is 3.24. The Hall–Kier alpha value is -1.94. The van der Waals surface area contributed by atoms with Crippen molar-refractivity contribution in [2.45, 2.75) is 24.3 Å². The molecule has 29 heavy (non-hydrogen) atoms. The molecule has 1 atom stereocenters. The van der Waals surface area contributed by atoms with Crippen LogP contribution in [0, 0.1) is 5.92 Å². The van der Waals surface area contributed by atoms with Crippen molar-refractivity contribution in [3.63, 3.8) is 0 Å². The SMILES string of the molecule is O=C(CNC(=O)[C@@H]1CCCN(S(=O)(=O)c2ccc(Cl)cc2)C1)NCc1cccs1. The van der Waals surface area contributed by atoms with Gasteiger partial charge in [0.15, 0.2) is 0 Å². The third-order valence-corrected chi connectivity index (χ3v) is 7.68. The Labute approximate surface area is 179 Å². The maximum atomic E-state index is 12.8. The second kappa shape index (κ2) is 9.71. The van der Waals surface area contributed by atoms with Crippen LogP contribution >= 0.6 is 22.9 Å². The van der Waals surface area contributed by atoms with E-state index in [1.807, 2.05) is 17.5 Å². The number of halogens is 1. The minimum atomic E-state index is -3.69. The number of piperidine rings is 1. The molecule has 10 heteroatoms. The van der Waals surface area contributed by atoms with E-state index in [1.54, 1.807) is 11.3 Å². The standard InChI is InChI=1S/C19H22ClN3O4S2/c20-15-5-7-17(8-6-15)29(26,27)23-9-1-3-14(13-23)19(25)22-12-18(24)21-11-16-4-2-10-28-16/h2,4-8,10,14H,1,3,9,11-13H2,(H,21,24)(H,22,25)/t14-/m1/s1. The molecule has 0 radical (unpaired) electrons. The summed E-state index contributed by atoms with van der Waals surface area (Å²) in [5, 5.41) is 7.74. The van der Waals surface area contributed by atoms with Gasteiger partial charge in [-0.2, -0.15) is 4.31 Å². The lowest BCUT2D eigenvalue weighted by molar-refractivity contribution is -0.129. The lowest BCUT2D eigenvalue weighted by Gasteiger charge is -2.31. The largest absolute Gasteiger partial charge is 0.350 e. The molecule has 156 valence electrons. The number of hydrogen-bond acceptors (Lipinski definition) is 5. The van der Waals surface area contributed by atoms with E-state index < -0.39 is 15.9 Å². The number of carbonyl (C=O) groups is 2. The summed E-state index contributed by atoms with van der Waals surface area (Å²) in [7, 11) is -3.69. The van der Waals surface area contributed by atoms with E-state index >= 15 is 0 Å². The number of benzene rings is 1. The molecule has 0 unspecified atom stereocenters. The molecule has 1 saturated heterocycles. The van der Waals surface area contributed by atoms with Crippen molar-refractivity contribution in [2.24, 2.45) is 5.92 Å². The third kappa shape index (κ3) is 5.79. The molecule has 1 aliphatic rings. The molecule has 0 saturated carbocycles. The quantitative estimate of drug-likeness (QED) is 0.669. The van der Waals surface area contributed by atoms with Crippen LogP contribution in [0.4, 0.5) is 0 Å². The van der Waals surface area contributed by atoms with Crippen LogP contribution in [0.5, 0.6) is 0 Å². The molecule has 2 aromatic rings. The van der Waals surface area contributed by atoms with Crippen LogP contribution in [0.1, 0.15) is 17.7 Å². The summed E-state index contributed by atoms with van der Waals surface area (Å²) < 4.78 is 27.0. The van der Waals surface area contributed by atoms with E-state index in [0.717, 1.165) is 4.88 Å². The average molecular weight is 456 g/mol. The smallest absolute Gasteiger partial charge is 0.243 e. The minimum absolute atomic E-state index is 0.0909. The summed E-state index contributed by atoms with van der Waals surface area (Å²) in [6, 6.07) is 9.79. The summed E-state index contributed by atoms with van der Waals surface area (Å²) in [6.45, 7) is 0.733. The predicted molar refractivity (Wildman–Crippen MR) is 112 cm³/mol. The highest BCUT2D eigenvalue weighted by Gasteiger charge is 2.33. The third-order valence-electron chi connectivity index (χ3n) is 4.67. The van der Waals surface area contributed by atoms with Crippen LogP contribution in [-0.2, 0) is 26.2 Å². The number of sulfonamides is 1. The fourth-order valence-electron chi connectivity index (χ4n) is 3.10. The molecule has 1 fully saturated rings. The number of nitrogens with one attached hydrogen (secondary N) is 2. The second-order valence-corrected chi connectivity index (χ2v) is 10.1. The zero-order chi connectivity index (χ0) is 20.9. The first kappa shape index (κ1) is 21.8. The first-order valence-corrected chi connectivity index (χ1v) is 11.9. The van der Waals surface area contributed by atoms with E-state index in [-0.39, 0.29) is 29.8 Å². The number of rotatable bonds is 7. The van der Waals surface area contributed by atoms with Crippen molar-refractivity contribution < 1.29 is 18.0 Å². The Kier molecular flexibility index (Phi) is 7.28. The van der Waals surface area contributed by atoms with Crippen LogP contribution in [0.3, 0.4) is 0 Å². The van der Waals surface area contributed by atoms with Crippen LogP contribution in [0.15, 0.2) is 46.7 Å². The van der Waals surface area contributed by atoms with Gasteiger partial charge in [0.25, 0.3) is 0 Å². The Morgan fingerprint density at radius 2 is 1.93 bits per heavy atom. The lowest BCUT2D eigenvalue weighted by atomic mass is 9.99. The monoisotopic (exact) mass is 455 g/mol. The zero-order valence-electron chi connectivity index (χ0n) is 15.6. The minimum Gasteiger partial charge on any atom is -0.350 e. The van der Waals surface area contributed by atoms with Gasteiger partial charge in [-0.25, -0.2) is 8.42 Å². The van der Waals surface area contributed by atoms with Crippen molar-refractivity contribution in [1.29, 1.82) is 0 Å². The predicted octanol–water partition coefficient (Wildman–Crippen LogP) is 2.23. The van der Waals surface area contributed by atoms with Gasteiger partial charge in [-0.1, -0.05) is 17.7 Å². The molecule has 1 aliphatic heterocycles. The van der Waals surface area contributed by atoms with Crippen molar-refractivity contribution in [1.82, 2.24) is 14.9 Å². The van der Waals surface area contributed by atoms with Gasteiger partial charge in [0, 0.05) is 23.0 Å². The van der Waals surface area contributed by atoms with Crippen LogP contribution in [-0.4, -0.2) is 44.2 Å². The first-order valence-electron chi connectivity index (χ1n) is 9.19. The van der Waals surface area contributed by atoms with Gasteiger partial charge in [-0.05, 0) is 48.6 Å². The topological polar surface area (TPSA) is 95.6 Å². The first-order chi connectivity index (χ1) is 13.9. The van der Waals surface area contributed by atoms with E-state index in [1.165, 1.54) is 28.6 Å². The Balaban J connectivity index is 1.52. The number of nitrogens with zero attached hydrogens (tertiary/aromatic N) is 1. The molecule has 2 amide bonds. The molecule has 3 rings (SSSR count). The molecule has 7 nitrogen and oxygen atoms in total. The molecule has 0 aliphatic carbocycles. The van der Waals surface area contributed by atoms with Crippen LogP contribution in [0.25, 0.3) is 0 Å². The molecular formula is C19H22ClN3O4S2. The fraction of sp³-hybridized carbons (Fsp3) is 0.368. The van der Waals surface area contributed by atoms with Gasteiger partial charge in [-0.15, -0.1) is 11.3 Å². The Morgan fingerprint density at radius 3 is 2.62 bits per heavy atom. The maximum absolute atomic E-state index is 12.8. The van der Waals surface area contributed by atoms with E-state index in [9.17, 15) is 18.0 Å².